The molecule has 0 amide bonds. The highest BCUT2D eigenvalue weighted by Gasteiger charge is 2.85. The van der Waals surface area contributed by atoms with Gasteiger partial charge >= 0.3 is 23.9 Å². The van der Waals surface area contributed by atoms with Gasteiger partial charge in [0.15, 0.2) is 17.5 Å². The third-order valence-corrected chi connectivity index (χ3v) is 14.1. The number of carbonyl (C=O) groups excluding carboxylic acids is 5. The lowest BCUT2D eigenvalue weighted by Gasteiger charge is -2.49. The second-order valence-corrected chi connectivity index (χ2v) is 18.4. The normalized spacial score (nSPS) is 34.9. The monoisotopic (exact) mass is 778 g/mol. The van der Waals surface area contributed by atoms with Crippen LogP contribution in [0.4, 0.5) is 0 Å². The molecule has 0 aromatic heterocycles. The van der Waals surface area contributed by atoms with E-state index in [4.69, 9.17) is 18.9 Å². The standard InChI is InChI=1S/C45H62O11/c1-23(2)28(9)38(48)53-21-32-18-33-34-42(12,22-54-41(51)31-16-14-13-15-17-31)44(34,56-40(50)30(11)25(5)6)20-27(8)43(36(33)47)19-26(7)37(45(43,52)35(32)46)55-39(49)29(10)24(3)4/h13-19,23-25,27-30,33-35,37,46,52H,20-22H2,1-12H3/t27-,28?,29?,30?,33+,34-,35-,37+,42+,43+,44-,45+/m1/s1. The molecule has 12 atom stereocenters. The third-order valence-electron chi connectivity index (χ3n) is 14.1. The van der Waals surface area contributed by atoms with Crippen molar-refractivity contribution >= 4 is 29.7 Å². The van der Waals surface area contributed by atoms with Crippen molar-refractivity contribution < 1.29 is 53.1 Å². The molecule has 3 unspecified atom stereocenters. The summed E-state index contributed by atoms with van der Waals surface area (Å²) in [7, 11) is 0. The lowest BCUT2D eigenvalue weighted by Crippen LogP contribution is -2.66. The minimum absolute atomic E-state index is 0.0455. The predicted octanol–water partition coefficient (Wildman–Crippen LogP) is 6.30. The predicted molar refractivity (Wildman–Crippen MR) is 207 cm³/mol. The van der Waals surface area contributed by atoms with Crippen molar-refractivity contribution in [2.75, 3.05) is 13.2 Å². The molecule has 1 aromatic rings. The number of fused-ring (bicyclic) bond motifs is 3. The molecule has 1 spiro atoms. The molecule has 56 heavy (non-hydrogen) atoms. The fourth-order valence-corrected chi connectivity index (χ4v) is 9.37. The average molecular weight is 779 g/mol. The first-order valence-corrected chi connectivity index (χ1v) is 20.2. The minimum Gasteiger partial charge on any atom is -0.461 e. The van der Waals surface area contributed by atoms with E-state index in [1.54, 1.807) is 77.1 Å². The van der Waals surface area contributed by atoms with Crippen LogP contribution in [0.25, 0.3) is 0 Å². The molecule has 11 heteroatoms. The molecule has 0 aliphatic heterocycles. The SMILES string of the molecule is CC1=C[C@]23C(=O)[C@@H](C=C(COC(=O)C(C)C(C)C)[C@@H](O)[C@]2(O)[C@H]1OC(=O)C(C)C(C)C)[C@@H]1[C@](C)(COC(=O)c2ccccc2)[C@@]1(OC(=O)C(C)C(C)C)C[C@H]3C. The Bertz CT molecular complexity index is 1780. The first-order valence-electron chi connectivity index (χ1n) is 20.2. The second kappa shape index (κ2) is 15.5. The molecular formula is C45H62O11. The number of ketones is 1. The topological polar surface area (TPSA) is 163 Å². The number of ether oxygens (including phenoxy) is 4. The van der Waals surface area contributed by atoms with Gasteiger partial charge in [-0.05, 0) is 60.3 Å². The molecule has 1 aromatic carbocycles. The first kappa shape index (κ1) is 43.3. The molecule has 0 radical (unpaired) electrons. The number of hydrogen-bond acceptors (Lipinski definition) is 11. The van der Waals surface area contributed by atoms with Crippen LogP contribution < -0.4 is 0 Å². The summed E-state index contributed by atoms with van der Waals surface area (Å²) >= 11 is 0. The van der Waals surface area contributed by atoms with Gasteiger partial charge in [0.25, 0.3) is 0 Å². The summed E-state index contributed by atoms with van der Waals surface area (Å²) in [5.74, 6) is -7.11. The van der Waals surface area contributed by atoms with Gasteiger partial charge in [-0.1, -0.05) is 107 Å². The van der Waals surface area contributed by atoms with E-state index >= 15 is 4.79 Å². The fourth-order valence-electron chi connectivity index (χ4n) is 9.37. The summed E-state index contributed by atoms with van der Waals surface area (Å²) in [6, 6.07) is 8.50. The Balaban J connectivity index is 1.68. The number of Topliss-reactive ketones (excluding diaryl/α,β-unsaturated/α-hetero) is 1. The number of hydrogen-bond donors (Lipinski definition) is 2. The molecule has 2 N–H and O–H groups in total. The van der Waals surface area contributed by atoms with Crippen molar-refractivity contribution in [2.45, 2.75) is 113 Å². The Morgan fingerprint density at radius 1 is 0.839 bits per heavy atom. The molecular weight excluding hydrogens is 716 g/mol. The summed E-state index contributed by atoms with van der Waals surface area (Å²) < 4.78 is 24.4. The van der Waals surface area contributed by atoms with Crippen LogP contribution in [0, 0.1) is 64.1 Å². The molecule has 2 saturated carbocycles. The van der Waals surface area contributed by atoms with Gasteiger partial charge in [-0.2, -0.15) is 0 Å². The zero-order valence-electron chi connectivity index (χ0n) is 35.1. The van der Waals surface area contributed by atoms with E-state index in [9.17, 15) is 29.4 Å². The largest absolute Gasteiger partial charge is 0.461 e. The Morgan fingerprint density at radius 3 is 1.96 bits per heavy atom. The number of carbonyl (C=O) groups is 5. The van der Waals surface area contributed by atoms with Gasteiger partial charge in [-0.15, -0.1) is 0 Å². The molecule has 2 fully saturated rings. The first-order chi connectivity index (χ1) is 26.0. The maximum atomic E-state index is 15.6. The van der Waals surface area contributed by atoms with Gasteiger partial charge in [0.1, 0.15) is 24.9 Å². The Hall–Kier alpha value is -3.83. The number of esters is 4. The van der Waals surface area contributed by atoms with Crippen molar-refractivity contribution in [3.8, 4) is 0 Å². The van der Waals surface area contributed by atoms with Gasteiger partial charge in [0.05, 0.1) is 28.7 Å². The van der Waals surface area contributed by atoms with Crippen LogP contribution in [0.2, 0.25) is 0 Å². The van der Waals surface area contributed by atoms with E-state index in [0.29, 0.717) is 11.1 Å². The van der Waals surface area contributed by atoms with Crippen LogP contribution in [-0.2, 0) is 38.1 Å². The van der Waals surface area contributed by atoms with E-state index in [2.05, 4.69) is 0 Å². The number of allylic oxidation sites excluding steroid dienone is 1. The molecule has 0 heterocycles. The van der Waals surface area contributed by atoms with Crippen LogP contribution in [0.5, 0.6) is 0 Å². The van der Waals surface area contributed by atoms with E-state index in [1.165, 1.54) is 0 Å². The lowest BCUT2D eigenvalue weighted by atomic mass is 9.58. The van der Waals surface area contributed by atoms with Crippen molar-refractivity contribution in [2.24, 2.45) is 64.1 Å². The van der Waals surface area contributed by atoms with Crippen LogP contribution in [0.3, 0.4) is 0 Å². The number of rotatable bonds is 13. The summed E-state index contributed by atoms with van der Waals surface area (Å²) in [4.78, 5) is 69.7. The Labute approximate surface area is 331 Å². The van der Waals surface area contributed by atoms with Crippen molar-refractivity contribution in [3.63, 3.8) is 0 Å². The van der Waals surface area contributed by atoms with Crippen LogP contribution >= 0.6 is 0 Å². The summed E-state index contributed by atoms with van der Waals surface area (Å²) in [5, 5.41) is 25.8. The molecule has 5 rings (SSSR count). The molecule has 4 aliphatic carbocycles. The molecule has 0 saturated heterocycles. The van der Waals surface area contributed by atoms with Gasteiger partial charge < -0.3 is 29.2 Å². The highest BCUT2D eigenvalue weighted by Crippen LogP contribution is 2.75. The van der Waals surface area contributed by atoms with Gasteiger partial charge in [-0.25, -0.2) is 4.79 Å². The molecule has 308 valence electrons. The zero-order chi connectivity index (χ0) is 41.9. The van der Waals surface area contributed by atoms with E-state index in [1.807, 2.05) is 48.5 Å². The summed E-state index contributed by atoms with van der Waals surface area (Å²) in [5.41, 5.74) is -5.94. The van der Waals surface area contributed by atoms with Crippen molar-refractivity contribution in [1.29, 1.82) is 0 Å². The average Bonchev–Trinajstić information content (AvgIpc) is 3.59. The van der Waals surface area contributed by atoms with Crippen LogP contribution in [0.15, 0.2) is 53.6 Å². The van der Waals surface area contributed by atoms with Crippen LogP contribution in [-0.4, -0.2) is 76.5 Å². The smallest absolute Gasteiger partial charge is 0.338 e. The molecule has 11 nitrogen and oxygen atoms in total. The maximum Gasteiger partial charge on any atom is 0.338 e. The van der Waals surface area contributed by atoms with E-state index in [0.717, 1.165) is 0 Å². The highest BCUT2D eigenvalue weighted by atomic mass is 16.6. The van der Waals surface area contributed by atoms with E-state index < -0.39 is 106 Å². The number of benzene rings is 1. The van der Waals surface area contributed by atoms with E-state index in [-0.39, 0.29) is 36.4 Å². The second-order valence-electron chi connectivity index (χ2n) is 18.4. The van der Waals surface area contributed by atoms with Crippen LogP contribution in [0.1, 0.15) is 99.9 Å². The summed E-state index contributed by atoms with van der Waals surface area (Å²) in [6.07, 6.45) is -0.0295. The third kappa shape index (κ3) is 6.74. The maximum absolute atomic E-state index is 15.6. The Kier molecular flexibility index (Phi) is 12.0. The quantitative estimate of drug-likeness (QED) is 0.131. The Morgan fingerprint density at radius 2 is 1.39 bits per heavy atom. The number of aliphatic hydroxyl groups is 2. The van der Waals surface area contributed by atoms with Gasteiger partial charge in [-0.3, -0.25) is 19.2 Å². The summed E-state index contributed by atoms with van der Waals surface area (Å²) in [6.45, 7) is 21.2. The van der Waals surface area contributed by atoms with Gasteiger partial charge in [0, 0.05) is 17.3 Å². The minimum atomic E-state index is -2.43. The molecule has 4 aliphatic rings. The van der Waals surface area contributed by atoms with Gasteiger partial charge in [0.2, 0.25) is 0 Å². The molecule has 2 bridgehead atoms. The van der Waals surface area contributed by atoms with Crippen molar-refractivity contribution in [3.05, 3.63) is 59.2 Å². The fraction of sp³-hybridized carbons (Fsp3) is 0.667. The zero-order valence-corrected chi connectivity index (χ0v) is 35.1. The lowest BCUT2D eigenvalue weighted by molar-refractivity contribution is -0.207. The van der Waals surface area contributed by atoms with Crippen molar-refractivity contribution in [1.82, 2.24) is 0 Å². The number of aliphatic hydroxyl groups excluding tert-OH is 1. The highest BCUT2D eigenvalue weighted by molar-refractivity contribution is 5.96.